The Hall–Kier alpha value is -1.09. The van der Waals surface area contributed by atoms with Crippen LogP contribution in [0, 0.1) is 11.8 Å². The van der Waals surface area contributed by atoms with Gasteiger partial charge < -0.3 is 19.7 Å². The molecule has 1 saturated heterocycles. The van der Waals surface area contributed by atoms with Crippen LogP contribution in [0.1, 0.15) is 38.2 Å². The molecule has 2 heterocycles. The summed E-state index contributed by atoms with van der Waals surface area (Å²) in [5.41, 5.74) is 1.09. The molecule has 27 heavy (non-hydrogen) atoms. The monoisotopic (exact) mass is 488 g/mol. The van der Waals surface area contributed by atoms with Crippen LogP contribution in [-0.2, 0) is 11.3 Å². The van der Waals surface area contributed by atoms with Crippen molar-refractivity contribution in [1.29, 1.82) is 0 Å². The molecule has 7 heteroatoms. The molecule has 1 aromatic heterocycles. The quantitative estimate of drug-likeness (QED) is 0.276. The summed E-state index contributed by atoms with van der Waals surface area (Å²) in [6, 6.07) is 3.93. The van der Waals surface area contributed by atoms with Crippen molar-refractivity contribution >= 4 is 29.9 Å². The largest absolute Gasteiger partial charge is 0.475 e. The Morgan fingerprint density at radius 3 is 2.56 bits per heavy atom. The number of nitrogens with one attached hydrogen (secondary N) is 1. The number of likely N-dealkylation sites (tertiary alicyclic amines) is 1. The van der Waals surface area contributed by atoms with Gasteiger partial charge in [-0.15, -0.1) is 24.0 Å². The maximum Gasteiger partial charge on any atom is 0.213 e. The van der Waals surface area contributed by atoms with Crippen molar-refractivity contribution in [3.63, 3.8) is 0 Å². The van der Waals surface area contributed by atoms with E-state index in [1.807, 2.05) is 18.3 Å². The van der Waals surface area contributed by atoms with Gasteiger partial charge in [-0.05, 0) is 37.2 Å². The number of pyridine rings is 1. The predicted octanol–water partition coefficient (Wildman–Crippen LogP) is 3.31. The standard InChI is InChI=1S/C20H32N4O2.HI/c1-3-21-20(24-14-17-6-4-5-7-18(17)15-24)23-13-16-8-9-19(22-12-16)26-11-10-25-2;/h8-9,12,17-18H,3-7,10-11,13-15H2,1-2H3,(H,21,23);1H. The van der Waals surface area contributed by atoms with Crippen LogP contribution in [0.25, 0.3) is 0 Å². The SMILES string of the molecule is CCNC(=NCc1ccc(OCCOC)nc1)N1CC2CCCCC2C1.I. The number of guanidine groups is 1. The van der Waals surface area contributed by atoms with E-state index in [0.29, 0.717) is 25.6 Å². The Labute approximate surface area is 180 Å². The summed E-state index contributed by atoms with van der Waals surface area (Å²) in [4.78, 5) is 11.7. The van der Waals surface area contributed by atoms with Crippen molar-refractivity contribution in [2.45, 2.75) is 39.2 Å². The molecule has 1 aliphatic carbocycles. The van der Waals surface area contributed by atoms with E-state index in [0.717, 1.165) is 43.0 Å². The van der Waals surface area contributed by atoms with Crippen LogP contribution in [0.15, 0.2) is 23.3 Å². The summed E-state index contributed by atoms with van der Waals surface area (Å²) in [5.74, 6) is 3.39. The molecule has 0 bridgehead atoms. The van der Waals surface area contributed by atoms with Crippen molar-refractivity contribution in [2.24, 2.45) is 16.8 Å². The number of halogens is 1. The van der Waals surface area contributed by atoms with Crippen LogP contribution >= 0.6 is 24.0 Å². The lowest BCUT2D eigenvalue weighted by Gasteiger charge is -2.22. The number of rotatable bonds is 7. The van der Waals surface area contributed by atoms with Crippen LogP contribution < -0.4 is 10.1 Å². The molecular formula is C20H33IN4O2. The molecule has 1 aromatic rings. The fraction of sp³-hybridized carbons (Fsp3) is 0.700. The lowest BCUT2D eigenvalue weighted by atomic mass is 9.82. The Morgan fingerprint density at radius 1 is 1.22 bits per heavy atom. The highest BCUT2D eigenvalue weighted by molar-refractivity contribution is 14.0. The van der Waals surface area contributed by atoms with Crippen LogP contribution in [0.4, 0.5) is 0 Å². The molecule has 2 fully saturated rings. The normalized spacial score (nSPS) is 22.1. The van der Waals surface area contributed by atoms with Gasteiger partial charge in [-0.3, -0.25) is 0 Å². The maximum atomic E-state index is 5.51. The average molecular weight is 488 g/mol. The predicted molar refractivity (Wildman–Crippen MR) is 119 cm³/mol. The molecule has 1 aliphatic heterocycles. The van der Waals surface area contributed by atoms with Gasteiger partial charge in [0.2, 0.25) is 5.88 Å². The maximum absolute atomic E-state index is 5.51. The molecule has 3 rings (SSSR count). The molecule has 2 aliphatic rings. The molecule has 152 valence electrons. The lowest BCUT2D eigenvalue weighted by Crippen LogP contribution is -2.40. The minimum atomic E-state index is 0. The summed E-state index contributed by atoms with van der Waals surface area (Å²) >= 11 is 0. The fourth-order valence-electron chi connectivity index (χ4n) is 3.99. The van der Waals surface area contributed by atoms with Gasteiger partial charge >= 0.3 is 0 Å². The van der Waals surface area contributed by atoms with Crippen LogP contribution in [0.3, 0.4) is 0 Å². The molecule has 0 amide bonds. The summed E-state index contributed by atoms with van der Waals surface area (Å²) in [5, 5.41) is 3.47. The van der Waals surface area contributed by atoms with Gasteiger partial charge in [0.25, 0.3) is 0 Å². The fourth-order valence-corrected chi connectivity index (χ4v) is 3.99. The molecule has 1 saturated carbocycles. The van der Waals surface area contributed by atoms with E-state index in [9.17, 15) is 0 Å². The molecule has 0 radical (unpaired) electrons. The van der Waals surface area contributed by atoms with Crippen LogP contribution in [0.5, 0.6) is 5.88 Å². The van der Waals surface area contributed by atoms with Gasteiger partial charge in [0.05, 0.1) is 13.2 Å². The van der Waals surface area contributed by atoms with Gasteiger partial charge in [-0.2, -0.15) is 0 Å². The summed E-state index contributed by atoms with van der Waals surface area (Å²) in [6.45, 7) is 7.06. The van der Waals surface area contributed by atoms with E-state index in [-0.39, 0.29) is 24.0 Å². The highest BCUT2D eigenvalue weighted by Crippen LogP contribution is 2.35. The van der Waals surface area contributed by atoms with Crippen LogP contribution in [-0.4, -0.2) is 55.8 Å². The van der Waals surface area contributed by atoms with E-state index < -0.39 is 0 Å². The summed E-state index contributed by atoms with van der Waals surface area (Å²) in [6.07, 6.45) is 7.41. The number of fused-ring (bicyclic) bond motifs is 1. The van der Waals surface area contributed by atoms with E-state index in [4.69, 9.17) is 14.5 Å². The Bertz CT molecular complexity index is 568. The minimum absolute atomic E-state index is 0. The van der Waals surface area contributed by atoms with Crippen molar-refractivity contribution in [1.82, 2.24) is 15.2 Å². The second-order valence-corrected chi connectivity index (χ2v) is 7.23. The third-order valence-electron chi connectivity index (χ3n) is 5.36. The molecule has 6 nitrogen and oxygen atoms in total. The Balaban J connectivity index is 0.00000261. The number of nitrogens with zero attached hydrogens (tertiary/aromatic N) is 3. The van der Waals surface area contributed by atoms with Gasteiger partial charge in [-0.1, -0.05) is 18.9 Å². The number of aliphatic imine (C=N–C) groups is 1. The Kier molecular flexibility index (Phi) is 9.61. The second kappa shape index (κ2) is 11.7. The smallest absolute Gasteiger partial charge is 0.213 e. The van der Waals surface area contributed by atoms with Crippen molar-refractivity contribution in [2.75, 3.05) is 40.0 Å². The molecule has 2 unspecified atom stereocenters. The first-order valence-corrected chi connectivity index (χ1v) is 9.90. The molecular weight excluding hydrogens is 455 g/mol. The zero-order valence-electron chi connectivity index (χ0n) is 16.5. The number of hydrogen-bond acceptors (Lipinski definition) is 4. The van der Waals surface area contributed by atoms with Crippen LogP contribution in [0.2, 0.25) is 0 Å². The third kappa shape index (κ3) is 6.48. The van der Waals surface area contributed by atoms with E-state index in [1.54, 1.807) is 7.11 Å². The highest BCUT2D eigenvalue weighted by atomic mass is 127. The number of ether oxygens (including phenoxy) is 2. The lowest BCUT2D eigenvalue weighted by molar-refractivity contribution is 0.143. The molecule has 1 N–H and O–H groups in total. The van der Waals surface area contributed by atoms with Crippen molar-refractivity contribution in [3.05, 3.63) is 23.9 Å². The first-order chi connectivity index (χ1) is 12.8. The third-order valence-corrected chi connectivity index (χ3v) is 5.36. The first kappa shape index (κ1) is 22.2. The average Bonchev–Trinajstić information content (AvgIpc) is 3.10. The zero-order chi connectivity index (χ0) is 18.2. The topological polar surface area (TPSA) is 59.0 Å². The number of methoxy groups -OCH3 is 1. The Morgan fingerprint density at radius 2 is 1.96 bits per heavy atom. The molecule has 0 spiro atoms. The number of hydrogen-bond donors (Lipinski definition) is 1. The highest BCUT2D eigenvalue weighted by Gasteiger charge is 2.35. The van der Waals surface area contributed by atoms with Crippen molar-refractivity contribution < 1.29 is 9.47 Å². The van der Waals surface area contributed by atoms with E-state index in [1.165, 1.54) is 25.7 Å². The molecule has 0 aromatic carbocycles. The van der Waals surface area contributed by atoms with E-state index >= 15 is 0 Å². The van der Waals surface area contributed by atoms with Crippen molar-refractivity contribution in [3.8, 4) is 5.88 Å². The summed E-state index contributed by atoms with van der Waals surface area (Å²) in [7, 11) is 1.66. The summed E-state index contributed by atoms with van der Waals surface area (Å²) < 4.78 is 10.5. The minimum Gasteiger partial charge on any atom is -0.475 e. The number of aromatic nitrogens is 1. The van der Waals surface area contributed by atoms with Gasteiger partial charge in [-0.25, -0.2) is 9.98 Å². The van der Waals surface area contributed by atoms with Gasteiger partial charge in [0.1, 0.15) is 6.61 Å². The molecule has 2 atom stereocenters. The van der Waals surface area contributed by atoms with E-state index in [2.05, 4.69) is 22.1 Å². The van der Waals surface area contributed by atoms with Gasteiger partial charge in [0, 0.05) is 39.0 Å². The first-order valence-electron chi connectivity index (χ1n) is 9.90. The second-order valence-electron chi connectivity index (χ2n) is 7.23. The van der Waals surface area contributed by atoms with Gasteiger partial charge in [0.15, 0.2) is 5.96 Å². The zero-order valence-corrected chi connectivity index (χ0v) is 18.9.